The quantitative estimate of drug-likeness (QED) is 0.652. The molecule has 1 aromatic carbocycles. The van der Waals surface area contributed by atoms with Crippen LogP contribution in [-0.4, -0.2) is 21.2 Å². The number of amides is 1. The normalized spacial score (nSPS) is 10.9. The number of unbranched alkanes of at least 4 members (excludes halogenated alkanes) is 1. The Bertz CT molecular complexity index is 1080. The third-order valence-electron chi connectivity index (χ3n) is 4.40. The van der Waals surface area contributed by atoms with Gasteiger partial charge in [-0.25, -0.2) is 4.98 Å². The van der Waals surface area contributed by atoms with Crippen molar-refractivity contribution in [1.82, 2.24) is 9.55 Å². The first-order valence-electron chi connectivity index (χ1n) is 8.83. The molecule has 3 aromatic rings. The minimum Gasteiger partial charge on any atom is -0.321 e. The summed E-state index contributed by atoms with van der Waals surface area (Å²) in [6.45, 7) is 5.93. The summed E-state index contributed by atoms with van der Waals surface area (Å²) >= 11 is 1.21. The number of aryl methyl sites for hydroxylation is 2. The minimum atomic E-state index is -0.310. The van der Waals surface area contributed by atoms with E-state index in [9.17, 15) is 14.4 Å². The van der Waals surface area contributed by atoms with E-state index in [1.165, 1.54) is 18.3 Å². The Kier molecular flexibility index (Phi) is 5.51. The van der Waals surface area contributed by atoms with Gasteiger partial charge in [0.2, 0.25) is 0 Å². The molecule has 7 heteroatoms. The van der Waals surface area contributed by atoms with Crippen molar-refractivity contribution < 1.29 is 9.59 Å². The number of Topliss-reactive ketones (excluding diaryl/α,β-unsaturated/α-hetero) is 1. The van der Waals surface area contributed by atoms with Crippen molar-refractivity contribution in [2.45, 2.75) is 40.2 Å². The number of ketones is 1. The van der Waals surface area contributed by atoms with Gasteiger partial charge in [0, 0.05) is 17.8 Å². The number of hydrogen-bond acceptors (Lipinski definition) is 5. The molecule has 0 radical (unpaired) electrons. The van der Waals surface area contributed by atoms with Crippen LogP contribution in [0.3, 0.4) is 0 Å². The summed E-state index contributed by atoms with van der Waals surface area (Å²) in [7, 11) is 0. The first-order chi connectivity index (χ1) is 12.9. The predicted octanol–water partition coefficient (Wildman–Crippen LogP) is 4.02. The second-order valence-electron chi connectivity index (χ2n) is 6.42. The molecule has 0 saturated heterocycles. The zero-order chi connectivity index (χ0) is 19.6. The van der Waals surface area contributed by atoms with E-state index in [-0.39, 0.29) is 17.2 Å². The van der Waals surface area contributed by atoms with Crippen molar-refractivity contribution in [1.29, 1.82) is 0 Å². The highest BCUT2D eigenvalue weighted by molar-refractivity contribution is 7.20. The number of carbonyl (C=O) groups excluding carboxylic acids is 2. The van der Waals surface area contributed by atoms with E-state index in [2.05, 4.69) is 17.2 Å². The van der Waals surface area contributed by atoms with Gasteiger partial charge in [-0.1, -0.05) is 25.5 Å². The minimum absolute atomic E-state index is 0.0685. The number of anilines is 1. The molecular formula is C20H21N3O3S. The summed E-state index contributed by atoms with van der Waals surface area (Å²) in [5.41, 5.74) is 1.60. The molecule has 2 heterocycles. The number of rotatable bonds is 6. The first kappa shape index (κ1) is 19.0. The van der Waals surface area contributed by atoms with Crippen molar-refractivity contribution in [3.63, 3.8) is 0 Å². The maximum absolute atomic E-state index is 12.7. The molecule has 27 heavy (non-hydrogen) atoms. The van der Waals surface area contributed by atoms with Crippen LogP contribution in [0.1, 0.15) is 52.3 Å². The smallest absolute Gasteiger partial charge is 0.266 e. The van der Waals surface area contributed by atoms with Crippen LogP contribution in [0.25, 0.3) is 10.2 Å². The summed E-state index contributed by atoms with van der Waals surface area (Å²) in [6.07, 6.45) is 3.43. The lowest BCUT2D eigenvalue weighted by atomic mass is 10.1. The second-order valence-corrected chi connectivity index (χ2v) is 7.42. The average Bonchev–Trinajstić information content (AvgIpc) is 2.99. The van der Waals surface area contributed by atoms with E-state index in [0.717, 1.165) is 12.8 Å². The molecule has 140 valence electrons. The van der Waals surface area contributed by atoms with Crippen molar-refractivity contribution in [2.24, 2.45) is 0 Å². The SMILES string of the molecule is CCCCn1cnc2sc(C(=O)Nc3cccc(C(C)=O)c3)c(C)c2c1=O. The second kappa shape index (κ2) is 7.84. The van der Waals surface area contributed by atoms with Crippen LogP contribution in [0, 0.1) is 6.92 Å². The van der Waals surface area contributed by atoms with Crippen LogP contribution in [0.5, 0.6) is 0 Å². The van der Waals surface area contributed by atoms with Gasteiger partial charge < -0.3 is 5.32 Å². The number of carbonyl (C=O) groups is 2. The summed E-state index contributed by atoms with van der Waals surface area (Å²) in [6, 6.07) is 6.78. The fraction of sp³-hybridized carbons (Fsp3) is 0.300. The molecule has 0 atom stereocenters. The van der Waals surface area contributed by atoms with E-state index < -0.39 is 0 Å². The lowest BCUT2D eigenvalue weighted by Gasteiger charge is -2.06. The Morgan fingerprint density at radius 2 is 2.07 bits per heavy atom. The van der Waals surface area contributed by atoms with Gasteiger partial charge in [0.05, 0.1) is 16.6 Å². The van der Waals surface area contributed by atoms with Gasteiger partial charge in [-0.05, 0) is 38.0 Å². The van der Waals surface area contributed by atoms with Gasteiger partial charge in [-0.3, -0.25) is 19.0 Å². The highest BCUT2D eigenvalue weighted by atomic mass is 32.1. The highest BCUT2D eigenvalue weighted by Crippen LogP contribution is 2.27. The number of thiophene rings is 1. The van der Waals surface area contributed by atoms with E-state index in [1.54, 1.807) is 42.1 Å². The van der Waals surface area contributed by atoms with Crippen LogP contribution in [0.2, 0.25) is 0 Å². The van der Waals surface area contributed by atoms with E-state index in [4.69, 9.17) is 0 Å². The Morgan fingerprint density at radius 1 is 1.30 bits per heavy atom. The monoisotopic (exact) mass is 383 g/mol. The van der Waals surface area contributed by atoms with Gasteiger partial charge >= 0.3 is 0 Å². The average molecular weight is 383 g/mol. The lowest BCUT2D eigenvalue weighted by molar-refractivity contribution is 0.101. The summed E-state index contributed by atoms with van der Waals surface area (Å²) in [4.78, 5) is 42.4. The van der Waals surface area contributed by atoms with Crippen molar-refractivity contribution in [2.75, 3.05) is 5.32 Å². The number of nitrogens with one attached hydrogen (secondary N) is 1. The summed E-state index contributed by atoms with van der Waals surface area (Å²) in [5.74, 6) is -0.378. The molecule has 0 fully saturated rings. The van der Waals surface area contributed by atoms with Gasteiger partial charge in [0.1, 0.15) is 4.83 Å². The van der Waals surface area contributed by atoms with E-state index in [0.29, 0.717) is 38.5 Å². The number of benzene rings is 1. The fourth-order valence-electron chi connectivity index (χ4n) is 2.87. The molecule has 2 aromatic heterocycles. The van der Waals surface area contributed by atoms with Crippen molar-refractivity contribution >= 4 is 38.9 Å². The zero-order valence-electron chi connectivity index (χ0n) is 15.5. The van der Waals surface area contributed by atoms with Crippen LogP contribution < -0.4 is 10.9 Å². The van der Waals surface area contributed by atoms with Gasteiger partial charge in [0.15, 0.2) is 5.78 Å². The molecule has 0 aliphatic heterocycles. The summed E-state index contributed by atoms with van der Waals surface area (Å²) < 4.78 is 1.60. The zero-order valence-corrected chi connectivity index (χ0v) is 16.4. The molecule has 1 N–H and O–H groups in total. The fourth-order valence-corrected chi connectivity index (χ4v) is 3.90. The number of hydrogen-bond donors (Lipinski definition) is 1. The van der Waals surface area contributed by atoms with Gasteiger partial charge in [-0.2, -0.15) is 0 Å². The third-order valence-corrected chi connectivity index (χ3v) is 5.60. The molecule has 0 unspecified atom stereocenters. The summed E-state index contributed by atoms with van der Waals surface area (Å²) in [5, 5.41) is 3.31. The number of fused-ring (bicyclic) bond motifs is 1. The standard InChI is InChI=1S/C20H21N3O3S/c1-4-5-9-23-11-21-19-16(20(23)26)12(2)17(27-19)18(25)22-15-8-6-7-14(10-15)13(3)24/h6-8,10-11H,4-5,9H2,1-3H3,(H,22,25). The molecule has 0 aliphatic rings. The molecule has 0 saturated carbocycles. The number of nitrogens with zero attached hydrogens (tertiary/aromatic N) is 2. The Labute approximate surface area is 160 Å². The molecular weight excluding hydrogens is 362 g/mol. The molecule has 0 spiro atoms. The first-order valence-corrected chi connectivity index (χ1v) is 9.65. The van der Waals surface area contributed by atoms with Crippen LogP contribution in [0.15, 0.2) is 35.4 Å². The highest BCUT2D eigenvalue weighted by Gasteiger charge is 2.19. The van der Waals surface area contributed by atoms with E-state index >= 15 is 0 Å². The third kappa shape index (κ3) is 3.83. The van der Waals surface area contributed by atoms with Crippen molar-refractivity contribution in [3.8, 4) is 0 Å². The Morgan fingerprint density at radius 3 is 2.78 bits per heavy atom. The number of aromatic nitrogens is 2. The molecule has 0 aliphatic carbocycles. The van der Waals surface area contributed by atoms with Crippen LogP contribution in [0.4, 0.5) is 5.69 Å². The largest absolute Gasteiger partial charge is 0.321 e. The van der Waals surface area contributed by atoms with E-state index in [1.807, 2.05) is 0 Å². The maximum Gasteiger partial charge on any atom is 0.266 e. The molecule has 0 bridgehead atoms. The maximum atomic E-state index is 12.7. The predicted molar refractivity (Wildman–Crippen MR) is 108 cm³/mol. The Balaban J connectivity index is 1.94. The molecule has 6 nitrogen and oxygen atoms in total. The molecule has 3 rings (SSSR count). The van der Waals surface area contributed by atoms with Gasteiger partial charge in [0.25, 0.3) is 11.5 Å². The van der Waals surface area contributed by atoms with Crippen LogP contribution >= 0.6 is 11.3 Å². The topological polar surface area (TPSA) is 81.1 Å². The van der Waals surface area contributed by atoms with Gasteiger partial charge in [-0.15, -0.1) is 11.3 Å². The van der Waals surface area contributed by atoms with Crippen molar-refractivity contribution in [3.05, 3.63) is 57.0 Å². The lowest BCUT2D eigenvalue weighted by Crippen LogP contribution is -2.20. The van der Waals surface area contributed by atoms with Crippen LogP contribution in [-0.2, 0) is 6.54 Å². The molecule has 1 amide bonds. The Hall–Kier alpha value is -2.80.